The van der Waals surface area contributed by atoms with Gasteiger partial charge in [-0.1, -0.05) is 12.1 Å². The predicted octanol–water partition coefficient (Wildman–Crippen LogP) is 3.13. The number of anilines is 1. The molecule has 2 atom stereocenters. The van der Waals surface area contributed by atoms with Crippen LogP contribution in [0.1, 0.15) is 23.1 Å². The molecule has 5 rings (SSSR count). The first-order valence-electron chi connectivity index (χ1n) is 9.53. The topological polar surface area (TPSA) is 33.7 Å². The van der Waals surface area contributed by atoms with E-state index in [-0.39, 0.29) is 0 Å². The van der Waals surface area contributed by atoms with E-state index in [0.717, 1.165) is 43.5 Å². The Labute approximate surface area is 155 Å². The molecule has 0 spiro atoms. The molecular weight excluding hydrogens is 324 g/mol. The van der Waals surface area contributed by atoms with Crippen LogP contribution in [0.15, 0.2) is 36.4 Å². The zero-order valence-electron chi connectivity index (χ0n) is 15.5. The normalized spacial score (nSPS) is 26.2. The molecule has 2 aromatic carbocycles. The van der Waals surface area contributed by atoms with E-state index in [9.17, 15) is 0 Å². The minimum Gasteiger partial charge on any atom is -0.493 e. The van der Waals surface area contributed by atoms with Gasteiger partial charge in [-0.25, -0.2) is 0 Å². The van der Waals surface area contributed by atoms with Crippen LogP contribution in [0, 0.1) is 5.92 Å². The number of methoxy groups -OCH3 is 2. The first kappa shape index (κ1) is 16.0. The third-order valence-corrected chi connectivity index (χ3v) is 6.59. The number of piperidine rings is 1. The molecule has 0 amide bonds. The monoisotopic (exact) mass is 350 g/mol. The molecule has 26 heavy (non-hydrogen) atoms. The van der Waals surface area contributed by atoms with Gasteiger partial charge in [0.25, 0.3) is 0 Å². The van der Waals surface area contributed by atoms with Gasteiger partial charge < -0.3 is 19.7 Å². The fourth-order valence-corrected chi connectivity index (χ4v) is 4.90. The summed E-state index contributed by atoms with van der Waals surface area (Å²) in [6, 6.07) is 13.6. The number of hydrogen-bond acceptors (Lipinski definition) is 4. The number of nitrogens with one attached hydrogen (secondary N) is 1. The van der Waals surface area contributed by atoms with Crippen molar-refractivity contribution in [1.82, 2.24) is 5.32 Å². The highest BCUT2D eigenvalue weighted by Gasteiger charge is 2.57. The molecule has 0 aromatic heterocycles. The van der Waals surface area contributed by atoms with Crippen molar-refractivity contribution in [2.24, 2.45) is 5.92 Å². The van der Waals surface area contributed by atoms with Crippen molar-refractivity contribution in [1.29, 1.82) is 0 Å². The maximum Gasteiger partial charge on any atom is 0.161 e. The Morgan fingerprint density at radius 1 is 1.04 bits per heavy atom. The van der Waals surface area contributed by atoms with Crippen LogP contribution in [0.2, 0.25) is 0 Å². The summed E-state index contributed by atoms with van der Waals surface area (Å²) in [4.78, 5) is 2.47. The summed E-state index contributed by atoms with van der Waals surface area (Å²) in [7, 11) is 3.40. The second-order valence-corrected chi connectivity index (χ2v) is 7.88. The number of benzene rings is 2. The standard InChI is InChI=1S/C22H26N2O2/c1-25-20-9-15-7-8-24(13-16(15)10-21(20)26-2)19-5-3-17(4-6-19)22-11-18(22)12-23-14-22/h3-6,9-10,18,23H,7-8,11-14H2,1-2H3. The highest BCUT2D eigenvalue weighted by molar-refractivity contribution is 5.55. The quantitative estimate of drug-likeness (QED) is 0.919. The summed E-state index contributed by atoms with van der Waals surface area (Å²) in [5.74, 6) is 2.50. The summed E-state index contributed by atoms with van der Waals surface area (Å²) >= 11 is 0. The van der Waals surface area contributed by atoms with Crippen molar-refractivity contribution in [3.63, 3.8) is 0 Å². The van der Waals surface area contributed by atoms with E-state index < -0.39 is 0 Å². The van der Waals surface area contributed by atoms with Crippen molar-refractivity contribution in [3.05, 3.63) is 53.1 Å². The maximum atomic E-state index is 5.48. The van der Waals surface area contributed by atoms with Crippen molar-refractivity contribution >= 4 is 5.69 Å². The van der Waals surface area contributed by atoms with Gasteiger partial charge in [-0.05, 0) is 66.3 Å². The minimum atomic E-state index is 0.441. The van der Waals surface area contributed by atoms with Crippen molar-refractivity contribution in [3.8, 4) is 11.5 Å². The third-order valence-electron chi connectivity index (χ3n) is 6.59. The Morgan fingerprint density at radius 2 is 1.77 bits per heavy atom. The third kappa shape index (κ3) is 2.39. The second kappa shape index (κ2) is 5.92. The molecule has 2 fully saturated rings. The molecule has 0 bridgehead atoms. The molecule has 1 saturated carbocycles. The molecule has 136 valence electrons. The molecule has 1 N–H and O–H groups in total. The van der Waals surface area contributed by atoms with E-state index in [4.69, 9.17) is 9.47 Å². The van der Waals surface area contributed by atoms with Crippen LogP contribution in [-0.4, -0.2) is 33.9 Å². The molecule has 3 aliphatic rings. The number of hydrogen-bond donors (Lipinski definition) is 1. The van der Waals surface area contributed by atoms with Gasteiger partial charge in [-0.3, -0.25) is 0 Å². The Bertz CT molecular complexity index is 833. The smallest absolute Gasteiger partial charge is 0.161 e. The molecule has 0 radical (unpaired) electrons. The number of ether oxygens (including phenoxy) is 2. The van der Waals surface area contributed by atoms with E-state index >= 15 is 0 Å². The van der Waals surface area contributed by atoms with Crippen LogP contribution < -0.4 is 19.7 Å². The molecule has 2 heterocycles. The number of rotatable bonds is 4. The van der Waals surface area contributed by atoms with Crippen molar-refractivity contribution in [2.75, 3.05) is 38.8 Å². The first-order chi connectivity index (χ1) is 12.7. The Balaban J connectivity index is 1.37. The van der Waals surface area contributed by atoms with Crippen LogP contribution in [0.25, 0.3) is 0 Å². The van der Waals surface area contributed by atoms with Gasteiger partial charge in [0.1, 0.15) is 0 Å². The highest BCUT2D eigenvalue weighted by Crippen LogP contribution is 2.56. The first-order valence-corrected chi connectivity index (χ1v) is 9.53. The molecule has 1 aliphatic carbocycles. The summed E-state index contributed by atoms with van der Waals surface area (Å²) in [5.41, 5.74) is 5.97. The SMILES string of the molecule is COc1cc2c(cc1OC)CN(c1ccc(C34CNCC3C4)cc1)CC2. The van der Waals surface area contributed by atoms with Gasteiger partial charge in [-0.2, -0.15) is 0 Å². The van der Waals surface area contributed by atoms with E-state index in [2.05, 4.69) is 46.6 Å². The molecule has 2 aromatic rings. The van der Waals surface area contributed by atoms with Crippen molar-refractivity contribution < 1.29 is 9.47 Å². The second-order valence-electron chi connectivity index (χ2n) is 7.88. The van der Waals surface area contributed by atoms with E-state index in [0.29, 0.717) is 5.41 Å². The molecule has 1 saturated heterocycles. The van der Waals surface area contributed by atoms with Crippen molar-refractivity contribution in [2.45, 2.75) is 24.8 Å². The molecular formula is C22H26N2O2. The lowest BCUT2D eigenvalue weighted by molar-refractivity contribution is 0.353. The maximum absolute atomic E-state index is 5.48. The summed E-state index contributed by atoms with van der Waals surface area (Å²) in [6.45, 7) is 4.30. The minimum absolute atomic E-state index is 0.441. The lowest BCUT2D eigenvalue weighted by Gasteiger charge is -2.31. The Hall–Kier alpha value is -2.20. The van der Waals surface area contributed by atoms with E-state index in [1.54, 1.807) is 14.2 Å². The number of nitrogens with zero attached hydrogens (tertiary/aromatic N) is 1. The lowest BCUT2D eigenvalue weighted by atomic mass is 9.94. The summed E-state index contributed by atoms with van der Waals surface area (Å²) < 4.78 is 10.9. The zero-order chi connectivity index (χ0) is 17.7. The summed E-state index contributed by atoms with van der Waals surface area (Å²) in [6.07, 6.45) is 2.39. The lowest BCUT2D eigenvalue weighted by Crippen LogP contribution is -2.30. The van der Waals surface area contributed by atoms with Crippen LogP contribution in [0.3, 0.4) is 0 Å². The van der Waals surface area contributed by atoms with Crippen LogP contribution in [0.5, 0.6) is 11.5 Å². The average molecular weight is 350 g/mol. The fourth-order valence-electron chi connectivity index (χ4n) is 4.90. The molecule has 4 heteroatoms. The molecule has 4 nitrogen and oxygen atoms in total. The average Bonchev–Trinajstić information content (AvgIpc) is 3.27. The van der Waals surface area contributed by atoms with Gasteiger partial charge in [0.05, 0.1) is 14.2 Å². The van der Waals surface area contributed by atoms with Gasteiger partial charge >= 0.3 is 0 Å². The highest BCUT2D eigenvalue weighted by atomic mass is 16.5. The Kier molecular flexibility index (Phi) is 3.64. The Morgan fingerprint density at radius 3 is 2.38 bits per heavy atom. The van der Waals surface area contributed by atoms with Gasteiger partial charge in [0, 0.05) is 30.7 Å². The largest absolute Gasteiger partial charge is 0.493 e. The van der Waals surface area contributed by atoms with Gasteiger partial charge in [0.15, 0.2) is 11.5 Å². The zero-order valence-corrected chi connectivity index (χ0v) is 15.5. The number of fused-ring (bicyclic) bond motifs is 2. The van der Waals surface area contributed by atoms with Gasteiger partial charge in [-0.15, -0.1) is 0 Å². The van der Waals surface area contributed by atoms with Crippen LogP contribution in [-0.2, 0) is 18.4 Å². The fraction of sp³-hybridized carbons (Fsp3) is 0.455. The van der Waals surface area contributed by atoms with Gasteiger partial charge in [0.2, 0.25) is 0 Å². The van der Waals surface area contributed by atoms with E-state index in [1.807, 2.05) is 0 Å². The summed E-state index contributed by atoms with van der Waals surface area (Å²) in [5, 5.41) is 3.54. The van der Waals surface area contributed by atoms with Crippen LogP contribution in [0.4, 0.5) is 5.69 Å². The molecule has 2 unspecified atom stereocenters. The van der Waals surface area contributed by atoms with E-state index in [1.165, 1.54) is 35.3 Å². The van der Waals surface area contributed by atoms with Crippen LogP contribution >= 0.6 is 0 Å². The molecule has 2 aliphatic heterocycles. The predicted molar refractivity (Wildman–Crippen MR) is 103 cm³/mol.